The van der Waals surface area contributed by atoms with E-state index < -0.39 is 5.92 Å². The van der Waals surface area contributed by atoms with Crippen LogP contribution in [-0.4, -0.2) is 47.9 Å². The van der Waals surface area contributed by atoms with Gasteiger partial charge in [0, 0.05) is 44.0 Å². The van der Waals surface area contributed by atoms with Crippen molar-refractivity contribution in [2.75, 3.05) is 31.1 Å². The lowest BCUT2D eigenvalue weighted by Crippen LogP contribution is -2.56. The second kappa shape index (κ2) is 5.58. The Hall–Kier alpha value is -1.89. The van der Waals surface area contributed by atoms with E-state index in [1.807, 2.05) is 4.90 Å². The summed E-state index contributed by atoms with van der Waals surface area (Å²) in [4.78, 5) is 20.2. The summed E-state index contributed by atoms with van der Waals surface area (Å²) < 4.78 is 32.0. The van der Waals surface area contributed by atoms with Gasteiger partial charge in [0.15, 0.2) is 5.58 Å². The molecule has 0 saturated carbocycles. The fourth-order valence-electron chi connectivity index (χ4n) is 3.13. The van der Waals surface area contributed by atoms with E-state index in [2.05, 4.69) is 4.98 Å². The minimum atomic E-state index is -2.64. The van der Waals surface area contributed by atoms with Crippen LogP contribution in [0.4, 0.5) is 14.8 Å². The van der Waals surface area contributed by atoms with E-state index in [-0.39, 0.29) is 37.8 Å². The molecule has 5 nitrogen and oxygen atoms in total. The molecule has 128 valence electrons. The number of halogens is 3. The molecule has 0 radical (unpaired) electrons. The van der Waals surface area contributed by atoms with E-state index in [0.29, 0.717) is 35.2 Å². The molecule has 4 rings (SSSR count). The van der Waals surface area contributed by atoms with Crippen LogP contribution in [0.2, 0.25) is 5.02 Å². The van der Waals surface area contributed by atoms with Gasteiger partial charge >= 0.3 is 0 Å². The predicted molar refractivity (Wildman–Crippen MR) is 85.5 cm³/mol. The number of oxazole rings is 1. The van der Waals surface area contributed by atoms with Crippen LogP contribution in [0.25, 0.3) is 11.1 Å². The molecule has 1 aromatic heterocycles. The maximum atomic E-state index is 13.2. The first-order valence-corrected chi connectivity index (χ1v) is 8.27. The molecule has 24 heavy (non-hydrogen) atoms. The van der Waals surface area contributed by atoms with Crippen molar-refractivity contribution >= 4 is 34.6 Å². The average Bonchev–Trinajstić information content (AvgIpc) is 2.87. The van der Waals surface area contributed by atoms with Crippen LogP contribution in [0, 0.1) is 5.92 Å². The molecule has 1 amide bonds. The Morgan fingerprint density at radius 2 is 2.00 bits per heavy atom. The lowest BCUT2D eigenvalue weighted by molar-refractivity contribution is -0.142. The Morgan fingerprint density at radius 3 is 2.71 bits per heavy atom. The number of alkyl halides is 2. The molecule has 2 fully saturated rings. The molecule has 8 heteroatoms. The van der Waals surface area contributed by atoms with Gasteiger partial charge in [-0.25, -0.2) is 8.78 Å². The van der Waals surface area contributed by atoms with Crippen molar-refractivity contribution in [2.45, 2.75) is 18.8 Å². The number of fused-ring (bicyclic) bond motifs is 1. The highest BCUT2D eigenvalue weighted by molar-refractivity contribution is 6.31. The van der Waals surface area contributed by atoms with Crippen molar-refractivity contribution in [3.05, 3.63) is 23.2 Å². The van der Waals surface area contributed by atoms with E-state index in [1.165, 1.54) is 0 Å². The summed E-state index contributed by atoms with van der Waals surface area (Å²) >= 11 is 5.93. The van der Waals surface area contributed by atoms with Crippen LogP contribution >= 0.6 is 11.6 Å². The van der Waals surface area contributed by atoms with Crippen molar-refractivity contribution < 1.29 is 18.0 Å². The number of hydrogen-bond donors (Lipinski definition) is 0. The molecule has 0 N–H and O–H groups in total. The maximum absolute atomic E-state index is 13.2. The van der Waals surface area contributed by atoms with Gasteiger partial charge < -0.3 is 14.2 Å². The monoisotopic (exact) mass is 355 g/mol. The summed E-state index contributed by atoms with van der Waals surface area (Å²) in [6.45, 7) is 1.24. The molecule has 2 saturated heterocycles. The average molecular weight is 356 g/mol. The Morgan fingerprint density at radius 1 is 1.29 bits per heavy atom. The highest BCUT2D eigenvalue weighted by Crippen LogP contribution is 2.32. The largest absolute Gasteiger partial charge is 0.423 e. The molecule has 0 bridgehead atoms. The Bertz CT molecular complexity index is 779. The fraction of sp³-hybridized carbons (Fsp3) is 0.500. The Balaban J connectivity index is 1.38. The zero-order chi connectivity index (χ0) is 16.9. The maximum Gasteiger partial charge on any atom is 0.298 e. The van der Waals surface area contributed by atoms with Crippen molar-refractivity contribution in [1.29, 1.82) is 0 Å². The van der Waals surface area contributed by atoms with E-state index in [0.717, 1.165) is 0 Å². The topological polar surface area (TPSA) is 49.6 Å². The molecule has 3 heterocycles. The predicted octanol–water partition coefficient (Wildman–Crippen LogP) is 3.18. The number of aromatic nitrogens is 1. The number of carbonyl (C=O) groups is 1. The third-order valence-corrected chi connectivity index (χ3v) is 4.88. The minimum Gasteiger partial charge on any atom is -0.423 e. The summed E-state index contributed by atoms with van der Waals surface area (Å²) in [6, 6.07) is 5.67. The first-order valence-electron chi connectivity index (χ1n) is 7.89. The highest BCUT2D eigenvalue weighted by atomic mass is 35.5. The van der Waals surface area contributed by atoms with Crippen molar-refractivity contribution in [3.8, 4) is 0 Å². The molecule has 2 aliphatic heterocycles. The Kier molecular flexibility index (Phi) is 3.63. The number of benzene rings is 1. The summed E-state index contributed by atoms with van der Waals surface area (Å²) in [5, 5.41) is 0.584. The summed E-state index contributed by atoms with van der Waals surface area (Å²) in [6.07, 6.45) is -0.498. The van der Waals surface area contributed by atoms with Crippen molar-refractivity contribution in [3.63, 3.8) is 0 Å². The number of likely N-dealkylation sites (tertiary alicyclic amines) is 1. The number of carbonyl (C=O) groups excluding carboxylic acids is 1. The SMILES string of the molecule is O=C(C1CN(c2nc3cc(Cl)ccc3o2)C1)N1CCC(F)(F)CC1. The van der Waals surface area contributed by atoms with E-state index in [4.69, 9.17) is 16.0 Å². The fourth-order valence-corrected chi connectivity index (χ4v) is 3.29. The van der Waals surface area contributed by atoms with Crippen LogP contribution < -0.4 is 4.90 Å². The highest BCUT2D eigenvalue weighted by Gasteiger charge is 2.41. The number of amides is 1. The second-order valence-electron chi connectivity index (χ2n) is 6.39. The summed E-state index contributed by atoms with van der Waals surface area (Å²) in [5.41, 5.74) is 1.31. The Labute approximate surface area is 142 Å². The molecule has 1 aromatic carbocycles. The zero-order valence-corrected chi connectivity index (χ0v) is 13.6. The van der Waals surface area contributed by atoms with Crippen LogP contribution in [-0.2, 0) is 4.79 Å². The molecule has 0 unspecified atom stereocenters. The van der Waals surface area contributed by atoms with Crippen molar-refractivity contribution in [1.82, 2.24) is 9.88 Å². The van der Waals surface area contributed by atoms with Gasteiger partial charge in [0.05, 0.1) is 5.92 Å². The molecular formula is C16H16ClF2N3O2. The molecule has 0 atom stereocenters. The van der Waals surface area contributed by atoms with E-state index in [9.17, 15) is 13.6 Å². The van der Waals surface area contributed by atoms with Gasteiger partial charge in [-0.2, -0.15) is 4.98 Å². The first kappa shape index (κ1) is 15.6. The molecule has 2 aliphatic rings. The number of hydrogen-bond acceptors (Lipinski definition) is 4. The standard InChI is InChI=1S/C16H16ClF2N3O2/c17-11-1-2-13-12(7-11)20-15(24-13)22-8-10(9-22)14(23)21-5-3-16(18,19)4-6-21/h1-2,7,10H,3-6,8-9H2. The van der Waals surface area contributed by atoms with Gasteiger partial charge in [-0.1, -0.05) is 11.6 Å². The minimum absolute atomic E-state index is 0.0547. The first-order chi connectivity index (χ1) is 11.4. The molecule has 0 spiro atoms. The third kappa shape index (κ3) is 2.81. The van der Waals surface area contributed by atoms with Gasteiger partial charge in [0.1, 0.15) is 5.52 Å². The van der Waals surface area contributed by atoms with Gasteiger partial charge in [-0.15, -0.1) is 0 Å². The molecule has 0 aliphatic carbocycles. The van der Waals surface area contributed by atoms with Crippen LogP contribution in [0.1, 0.15) is 12.8 Å². The molecular weight excluding hydrogens is 340 g/mol. The smallest absolute Gasteiger partial charge is 0.298 e. The van der Waals surface area contributed by atoms with Crippen LogP contribution in [0.5, 0.6) is 0 Å². The van der Waals surface area contributed by atoms with E-state index >= 15 is 0 Å². The van der Waals surface area contributed by atoms with Crippen molar-refractivity contribution in [2.24, 2.45) is 5.92 Å². The van der Waals surface area contributed by atoms with E-state index in [1.54, 1.807) is 23.1 Å². The number of anilines is 1. The number of rotatable bonds is 2. The lowest BCUT2D eigenvalue weighted by Gasteiger charge is -2.41. The lowest BCUT2D eigenvalue weighted by atomic mass is 9.97. The normalized spacial score (nSPS) is 21.1. The third-order valence-electron chi connectivity index (χ3n) is 4.65. The quantitative estimate of drug-likeness (QED) is 0.830. The van der Waals surface area contributed by atoms with Crippen LogP contribution in [0.3, 0.4) is 0 Å². The number of piperidine rings is 1. The summed E-state index contributed by atoms with van der Waals surface area (Å²) in [7, 11) is 0. The summed E-state index contributed by atoms with van der Waals surface area (Å²) in [5.74, 6) is -2.88. The van der Waals surface area contributed by atoms with Crippen LogP contribution in [0.15, 0.2) is 22.6 Å². The zero-order valence-electron chi connectivity index (χ0n) is 12.8. The van der Waals surface area contributed by atoms with Gasteiger partial charge in [-0.05, 0) is 18.2 Å². The van der Waals surface area contributed by atoms with Gasteiger partial charge in [0.2, 0.25) is 5.91 Å². The van der Waals surface area contributed by atoms with Gasteiger partial charge in [0.25, 0.3) is 11.9 Å². The number of nitrogens with zero attached hydrogens (tertiary/aromatic N) is 3. The second-order valence-corrected chi connectivity index (χ2v) is 6.83. The van der Waals surface area contributed by atoms with Gasteiger partial charge in [-0.3, -0.25) is 4.79 Å². The molecule has 2 aromatic rings.